The van der Waals surface area contributed by atoms with Gasteiger partial charge in [-0.15, -0.1) is 0 Å². The van der Waals surface area contributed by atoms with Crippen LogP contribution in [0, 0.1) is 35.0 Å². The first kappa shape index (κ1) is 16.1. The average Bonchev–Trinajstić information content (AvgIpc) is 2.74. The first-order valence-electron chi connectivity index (χ1n) is 8.72. The van der Waals surface area contributed by atoms with Gasteiger partial charge in [-0.3, -0.25) is 0 Å². The number of hydrogen-bond donors (Lipinski definition) is 1. The van der Waals surface area contributed by atoms with Gasteiger partial charge in [0.2, 0.25) is 0 Å². The van der Waals surface area contributed by atoms with Crippen molar-refractivity contribution in [3.63, 3.8) is 0 Å². The summed E-state index contributed by atoms with van der Waals surface area (Å²) in [6.45, 7) is 11.8. The average molecular weight is 278 g/mol. The first-order valence-corrected chi connectivity index (χ1v) is 8.72. The summed E-state index contributed by atoms with van der Waals surface area (Å²) in [6, 6.07) is 0. The lowest BCUT2D eigenvalue weighted by molar-refractivity contribution is -0.0231. The quantitative estimate of drug-likeness (QED) is 0.714. The van der Waals surface area contributed by atoms with Crippen LogP contribution in [0.3, 0.4) is 0 Å². The normalized spacial score (nSPS) is 41.0. The van der Waals surface area contributed by atoms with Crippen molar-refractivity contribution in [2.24, 2.45) is 35.0 Å². The molecule has 6 atom stereocenters. The van der Waals surface area contributed by atoms with E-state index in [0.717, 1.165) is 18.3 Å². The van der Waals surface area contributed by atoms with Gasteiger partial charge < -0.3 is 5.11 Å². The molecular weight excluding hydrogens is 244 g/mol. The standard InChI is InChI=1S/C19H34O/c1-13(2)14(3)8-9-15(4)16-10-11-17-18(20)7-6-12-19(16,17)5/h8-9,13-18,20H,6-7,10-12H2,1-5H3/t14?,15?,16-,17+,18+,19-/m1/s1. The Balaban J connectivity index is 2.05. The molecule has 0 aromatic rings. The monoisotopic (exact) mass is 278 g/mol. The van der Waals surface area contributed by atoms with Gasteiger partial charge >= 0.3 is 0 Å². The van der Waals surface area contributed by atoms with Crippen molar-refractivity contribution >= 4 is 0 Å². The van der Waals surface area contributed by atoms with E-state index in [4.69, 9.17) is 0 Å². The lowest BCUT2D eigenvalue weighted by Gasteiger charge is -2.44. The largest absolute Gasteiger partial charge is 0.393 e. The zero-order chi connectivity index (χ0) is 14.9. The SMILES string of the molecule is CC(C)C(C)C=CC(C)[C@H]1CC[C@H]2[C@@H](O)CCC[C@]12C. The predicted molar refractivity (Wildman–Crippen MR) is 86.5 cm³/mol. The molecule has 1 N–H and O–H groups in total. The molecule has 0 heterocycles. The second-order valence-electron chi connectivity index (χ2n) is 8.10. The molecule has 0 spiro atoms. The molecule has 0 aliphatic heterocycles. The summed E-state index contributed by atoms with van der Waals surface area (Å²) in [5.41, 5.74) is 0.377. The minimum absolute atomic E-state index is 0.0375. The maximum Gasteiger partial charge on any atom is 0.0573 e. The van der Waals surface area contributed by atoms with Crippen molar-refractivity contribution in [1.82, 2.24) is 0 Å². The Morgan fingerprint density at radius 1 is 1.05 bits per heavy atom. The number of allylic oxidation sites excluding steroid dienone is 2. The molecule has 2 saturated carbocycles. The molecule has 0 aromatic heterocycles. The van der Waals surface area contributed by atoms with E-state index in [2.05, 4.69) is 46.8 Å². The molecule has 2 rings (SSSR count). The topological polar surface area (TPSA) is 20.2 Å². The molecule has 2 aliphatic carbocycles. The smallest absolute Gasteiger partial charge is 0.0573 e. The molecule has 1 nitrogen and oxygen atoms in total. The third-order valence-electron chi connectivity index (χ3n) is 6.57. The molecular formula is C19H34O. The van der Waals surface area contributed by atoms with E-state index in [1.807, 2.05) is 0 Å². The van der Waals surface area contributed by atoms with Crippen LogP contribution in [0.25, 0.3) is 0 Å². The van der Waals surface area contributed by atoms with E-state index < -0.39 is 0 Å². The number of rotatable bonds is 4. The highest BCUT2D eigenvalue weighted by Gasteiger charge is 2.51. The minimum Gasteiger partial charge on any atom is -0.393 e. The van der Waals surface area contributed by atoms with E-state index >= 15 is 0 Å². The second-order valence-corrected chi connectivity index (χ2v) is 8.10. The Morgan fingerprint density at radius 2 is 1.75 bits per heavy atom. The summed E-state index contributed by atoms with van der Waals surface area (Å²) in [6.07, 6.45) is 10.9. The fourth-order valence-corrected chi connectivity index (χ4v) is 4.76. The highest BCUT2D eigenvalue weighted by Crippen LogP contribution is 2.57. The van der Waals surface area contributed by atoms with Gasteiger partial charge in [0.25, 0.3) is 0 Å². The fourth-order valence-electron chi connectivity index (χ4n) is 4.76. The van der Waals surface area contributed by atoms with E-state index in [9.17, 15) is 5.11 Å². The maximum atomic E-state index is 10.3. The van der Waals surface area contributed by atoms with Crippen molar-refractivity contribution in [1.29, 1.82) is 0 Å². The lowest BCUT2D eigenvalue weighted by atomic mass is 9.62. The summed E-state index contributed by atoms with van der Waals surface area (Å²) in [4.78, 5) is 0. The van der Waals surface area contributed by atoms with E-state index in [1.54, 1.807) is 0 Å². The Hall–Kier alpha value is -0.300. The van der Waals surface area contributed by atoms with E-state index in [0.29, 0.717) is 23.2 Å². The Labute approximate surface area is 125 Å². The van der Waals surface area contributed by atoms with Crippen molar-refractivity contribution in [3.05, 3.63) is 12.2 Å². The number of aliphatic hydroxyl groups is 1. The highest BCUT2D eigenvalue weighted by atomic mass is 16.3. The van der Waals surface area contributed by atoms with Crippen LogP contribution in [0.2, 0.25) is 0 Å². The lowest BCUT2D eigenvalue weighted by Crippen LogP contribution is -2.41. The van der Waals surface area contributed by atoms with E-state index in [-0.39, 0.29) is 6.10 Å². The third-order valence-corrected chi connectivity index (χ3v) is 6.57. The summed E-state index contributed by atoms with van der Waals surface area (Å²) in [5, 5.41) is 10.3. The van der Waals surface area contributed by atoms with Crippen molar-refractivity contribution in [2.75, 3.05) is 0 Å². The van der Waals surface area contributed by atoms with Gasteiger partial charge in [-0.1, -0.05) is 53.2 Å². The summed E-state index contributed by atoms with van der Waals surface area (Å²) in [5.74, 6) is 3.36. The van der Waals surface area contributed by atoms with Gasteiger partial charge in [0.1, 0.15) is 0 Å². The molecule has 2 unspecified atom stereocenters. The van der Waals surface area contributed by atoms with Gasteiger partial charge in [0, 0.05) is 0 Å². The van der Waals surface area contributed by atoms with Crippen molar-refractivity contribution in [3.8, 4) is 0 Å². The molecule has 0 amide bonds. The zero-order valence-electron chi connectivity index (χ0n) is 14.1. The zero-order valence-corrected chi connectivity index (χ0v) is 14.1. The Bertz CT molecular complexity index is 346. The second kappa shape index (κ2) is 6.22. The Kier molecular flexibility index (Phi) is 5.00. The van der Waals surface area contributed by atoms with Gasteiger partial charge in [0.05, 0.1) is 6.10 Å². The molecule has 20 heavy (non-hydrogen) atoms. The third kappa shape index (κ3) is 2.98. The summed E-state index contributed by atoms with van der Waals surface area (Å²) >= 11 is 0. The summed E-state index contributed by atoms with van der Waals surface area (Å²) in [7, 11) is 0. The van der Waals surface area contributed by atoms with Crippen LogP contribution < -0.4 is 0 Å². The highest BCUT2D eigenvalue weighted by molar-refractivity contribution is 5.05. The maximum absolute atomic E-state index is 10.3. The van der Waals surface area contributed by atoms with E-state index in [1.165, 1.54) is 25.7 Å². The molecule has 0 aromatic carbocycles. The number of hydrogen-bond acceptors (Lipinski definition) is 1. The van der Waals surface area contributed by atoms with Crippen LogP contribution in [-0.4, -0.2) is 11.2 Å². The van der Waals surface area contributed by atoms with Crippen LogP contribution in [-0.2, 0) is 0 Å². The van der Waals surface area contributed by atoms with Gasteiger partial charge in [-0.05, 0) is 60.7 Å². The number of fused-ring (bicyclic) bond motifs is 1. The van der Waals surface area contributed by atoms with Gasteiger partial charge in [-0.2, -0.15) is 0 Å². The Morgan fingerprint density at radius 3 is 2.40 bits per heavy atom. The van der Waals surface area contributed by atoms with Crippen LogP contribution in [0.5, 0.6) is 0 Å². The van der Waals surface area contributed by atoms with Gasteiger partial charge in [-0.25, -0.2) is 0 Å². The number of aliphatic hydroxyl groups excluding tert-OH is 1. The van der Waals surface area contributed by atoms with Crippen LogP contribution in [0.4, 0.5) is 0 Å². The van der Waals surface area contributed by atoms with Crippen LogP contribution >= 0.6 is 0 Å². The van der Waals surface area contributed by atoms with Crippen LogP contribution in [0.1, 0.15) is 66.7 Å². The molecule has 2 aliphatic rings. The first-order chi connectivity index (χ1) is 9.36. The molecule has 116 valence electrons. The molecule has 0 saturated heterocycles. The molecule has 0 bridgehead atoms. The molecule has 1 heteroatoms. The summed E-state index contributed by atoms with van der Waals surface area (Å²) < 4.78 is 0. The molecule has 2 fully saturated rings. The molecule has 0 radical (unpaired) electrons. The van der Waals surface area contributed by atoms with Crippen molar-refractivity contribution < 1.29 is 5.11 Å². The predicted octanol–water partition coefficient (Wildman–Crippen LogP) is 5.05. The van der Waals surface area contributed by atoms with Crippen molar-refractivity contribution in [2.45, 2.75) is 72.8 Å². The fraction of sp³-hybridized carbons (Fsp3) is 0.895. The minimum atomic E-state index is -0.0375. The van der Waals surface area contributed by atoms with Gasteiger partial charge in [0.15, 0.2) is 0 Å². The van der Waals surface area contributed by atoms with Crippen LogP contribution in [0.15, 0.2) is 12.2 Å².